The van der Waals surface area contributed by atoms with Crippen molar-refractivity contribution in [3.8, 4) is 0 Å². The van der Waals surface area contributed by atoms with Gasteiger partial charge in [0.15, 0.2) is 5.96 Å². The van der Waals surface area contributed by atoms with Gasteiger partial charge in [-0.05, 0) is 39.7 Å². The first kappa shape index (κ1) is 23.2. The highest BCUT2D eigenvalue weighted by molar-refractivity contribution is 14.0. The van der Waals surface area contributed by atoms with Crippen molar-refractivity contribution in [3.05, 3.63) is 18.5 Å². The first-order valence-electron chi connectivity index (χ1n) is 8.61. The maximum atomic E-state index is 4.30. The van der Waals surface area contributed by atoms with E-state index in [2.05, 4.69) is 60.2 Å². The predicted octanol–water partition coefficient (Wildman–Crippen LogP) is 2.42. The van der Waals surface area contributed by atoms with Crippen LogP contribution in [0.4, 0.5) is 0 Å². The van der Waals surface area contributed by atoms with Gasteiger partial charge in [0, 0.05) is 57.7 Å². The number of guanidine groups is 1. The van der Waals surface area contributed by atoms with E-state index < -0.39 is 0 Å². The monoisotopic (exact) mass is 450 g/mol. The molecule has 1 rings (SSSR count). The summed E-state index contributed by atoms with van der Waals surface area (Å²) in [5.74, 6) is 1.35. The van der Waals surface area contributed by atoms with E-state index in [0.29, 0.717) is 18.0 Å². The van der Waals surface area contributed by atoms with Crippen LogP contribution in [0, 0.1) is 5.92 Å². The highest BCUT2D eigenvalue weighted by Gasteiger charge is 2.12. The third-order valence-corrected chi connectivity index (χ3v) is 3.89. The number of halogens is 1. The maximum absolute atomic E-state index is 4.30. The Morgan fingerprint density at radius 1 is 1.17 bits per heavy atom. The number of nitrogens with one attached hydrogen (secondary N) is 2. The molecule has 0 radical (unpaired) electrons. The molecular weight excluding hydrogens is 415 g/mol. The average molecular weight is 450 g/mol. The Morgan fingerprint density at radius 2 is 1.83 bits per heavy atom. The van der Waals surface area contributed by atoms with E-state index in [1.165, 1.54) is 0 Å². The van der Waals surface area contributed by atoms with Crippen LogP contribution in [0.2, 0.25) is 0 Å². The second kappa shape index (κ2) is 12.5. The van der Waals surface area contributed by atoms with Crippen LogP contribution >= 0.6 is 24.0 Å². The summed E-state index contributed by atoms with van der Waals surface area (Å²) in [7, 11) is 1.82. The summed E-state index contributed by atoms with van der Waals surface area (Å²) in [6.45, 7) is 14.9. The van der Waals surface area contributed by atoms with E-state index in [1.807, 2.05) is 30.2 Å². The summed E-state index contributed by atoms with van der Waals surface area (Å²) in [6.07, 6.45) is 3.81. The van der Waals surface area contributed by atoms with E-state index in [-0.39, 0.29) is 24.0 Å². The molecule has 0 bridgehead atoms. The van der Waals surface area contributed by atoms with Crippen LogP contribution in [0.15, 0.2) is 23.5 Å². The van der Waals surface area contributed by atoms with Gasteiger partial charge in [-0.2, -0.15) is 5.10 Å². The summed E-state index contributed by atoms with van der Waals surface area (Å²) in [5.41, 5.74) is 0. The standard InChI is InChI=1S/C17H34N6.HI/c1-14(2)23(15(3)4)11-9-19-17(18-6)20-12-16(5)13-22-10-7-8-21-22;/h7-8,10,14-16H,9,11-13H2,1-6H3,(H2,18,19,20);1H. The van der Waals surface area contributed by atoms with E-state index in [0.717, 1.165) is 32.1 Å². The lowest BCUT2D eigenvalue weighted by atomic mass is 10.2. The van der Waals surface area contributed by atoms with Crippen molar-refractivity contribution < 1.29 is 0 Å². The van der Waals surface area contributed by atoms with Crippen molar-refractivity contribution in [2.24, 2.45) is 10.9 Å². The van der Waals surface area contributed by atoms with Crippen LogP contribution in [-0.2, 0) is 6.54 Å². The van der Waals surface area contributed by atoms with Crippen molar-refractivity contribution in [2.45, 2.75) is 53.2 Å². The van der Waals surface area contributed by atoms with Gasteiger partial charge in [0.25, 0.3) is 0 Å². The minimum Gasteiger partial charge on any atom is -0.356 e. The van der Waals surface area contributed by atoms with E-state index >= 15 is 0 Å². The molecule has 1 atom stereocenters. The molecule has 140 valence electrons. The Kier molecular flexibility index (Phi) is 12.1. The summed E-state index contributed by atoms with van der Waals surface area (Å²) >= 11 is 0. The lowest BCUT2D eigenvalue weighted by molar-refractivity contribution is 0.178. The fourth-order valence-corrected chi connectivity index (χ4v) is 2.70. The van der Waals surface area contributed by atoms with Gasteiger partial charge in [0.1, 0.15) is 0 Å². The zero-order valence-electron chi connectivity index (χ0n) is 16.0. The van der Waals surface area contributed by atoms with Crippen LogP contribution in [0.1, 0.15) is 34.6 Å². The van der Waals surface area contributed by atoms with E-state index in [1.54, 1.807) is 0 Å². The van der Waals surface area contributed by atoms with Crippen molar-refractivity contribution >= 4 is 29.9 Å². The first-order valence-corrected chi connectivity index (χ1v) is 8.61. The molecule has 0 saturated carbocycles. The SMILES string of the molecule is CN=C(NCCN(C(C)C)C(C)C)NCC(C)Cn1cccn1.I. The molecule has 1 aromatic rings. The number of hydrogen-bond donors (Lipinski definition) is 2. The van der Waals surface area contributed by atoms with E-state index in [9.17, 15) is 0 Å². The number of rotatable bonds is 9. The van der Waals surface area contributed by atoms with Gasteiger partial charge >= 0.3 is 0 Å². The second-order valence-corrected chi connectivity index (χ2v) is 6.64. The van der Waals surface area contributed by atoms with E-state index in [4.69, 9.17) is 0 Å². The maximum Gasteiger partial charge on any atom is 0.191 e. The molecule has 1 heterocycles. The molecule has 2 N–H and O–H groups in total. The predicted molar refractivity (Wildman–Crippen MR) is 113 cm³/mol. The van der Waals surface area contributed by atoms with Crippen LogP contribution < -0.4 is 10.6 Å². The van der Waals surface area contributed by atoms with Crippen LogP contribution in [0.25, 0.3) is 0 Å². The Balaban J connectivity index is 0.00000529. The zero-order chi connectivity index (χ0) is 17.2. The highest BCUT2D eigenvalue weighted by atomic mass is 127. The lowest BCUT2D eigenvalue weighted by Crippen LogP contribution is -2.46. The minimum atomic E-state index is 0. The normalized spacial score (nSPS) is 13.3. The van der Waals surface area contributed by atoms with Gasteiger partial charge in [-0.1, -0.05) is 6.92 Å². The zero-order valence-corrected chi connectivity index (χ0v) is 18.3. The van der Waals surface area contributed by atoms with Gasteiger partial charge in [0.05, 0.1) is 0 Å². The summed E-state index contributed by atoms with van der Waals surface area (Å²) in [6, 6.07) is 3.07. The fraction of sp³-hybridized carbons (Fsp3) is 0.765. The number of aliphatic imine (C=N–C) groups is 1. The van der Waals surface area contributed by atoms with Crippen molar-refractivity contribution in [1.29, 1.82) is 0 Å². The van der Waals surface area contributed by atoms with Crippen molar-refractivity contribution in [1.82, 2.24) is 25.3 Å². The Labute approximate surface area is 164 Å². The van der Waals surface area contributed by atoms with Crippen molar-refractivity contribution in [3.63, 3.8) is 0 Å². The Bertz CT molecular complexity index is 436. The van der Waals surface area contributed by atoms with Gasteiger partial charge in [-0.15, -0.1) is 24.0 Å². The van der Waals surface area contributed by atoms with Gasteiger partial charge in [-0.3, -0.25) is 14.6 Å². The molecule has 0 aliphatic carbocycles. The second-order valence-electron chi connectivity index (χ2n) is 6.64. The molecule has 0 saturated heterocycles. The molecule has 1 unspecified atom stereocenters. The molecule has 0 spiro atoms. The lowest BCUT2D eigenvalue weighted by Gasteiger charge is -2.30. The van der Waals surface area contributed by atoms with Gasteiger partial charge < -0.3 is 10.6 Å². The van der Waals surface area contributed by atoms with Crippen LogP contribution in [-0.4, -0.2) is 59.4 Å². The minimum absolute atomic E-state index is 0. The smallest absolute Gasteiger partial charge is 0.191 e. The highest BCUT2D eigenvalue weighted by Crippen LogP contribution is 2.03. The molecule has 0 fully saturated rings. The van der Waals surface area contributed by atoms with Crippen molar-refractivity contribution in [2.75, 3.05) is 26.7 Å². The molecule has 7 heteroatoms. The third-order valence-electron chi connectivity index (χ3n) is 3.89. The van der Waals surface area contributed by atoms with Crippen LogP contribution in [0.5, 0.6) is 0 Å². The molecular formula is C17H35IN6. The number of aromatic nitrogens is 2. The molecule has 0 aliphatic rings. The summed E-state index contributed by atoms with van der Waals surface area (Å²) in [4.78, 5) is 6.77. The summed E-state index contributed by atoms with van der Waals surface area (Å²) < 4.78 is 1.96. The summed E-state index contributed by atoms with van der Waals surface area (Å²) in [5, 5.41) is 11.0. The van der Waals surface area contributed by atoms with Crippen LogP contribution in [0.3, 0.4) is 0 Å². The van der Waals surface area contributed by atoms with Gasteiger partial charge in [-0.25, -0.2) is 0 Å². The molecule has 1 aromatic heterocycles. The average Bonchev–Trinajstić information content (AvgIpc) is 2.98. The molecule has 0 aromatic carbocycles. The fourth-order valence-electron chi connectivity index (χ4n) is 2.70. The molecule has 24 heavy (non-hydrogen) atoms. The Hall–Kier alpha value is -0.830. The molecule has 6 nitrogen and oxygen atoms in total. The molecule has 0 aliphatic heterocycles. The quantitative estimate of drug-likeness (QED) is 0.345. The number of nitrogens with zero attached hydrogens (tertiary/aromatic N) is 4. The first-order chi connectivity index (χ1) is 10.9. The largest absolute Gasteiger partial charge is 0.356 e. The Morgan fingerprint density at radius 3 is 2.33 bits per heavy atom. The molecule has 0 amide bonds. The third kappa shape index (κ3) is 8.86. The van der Waals surface area contributed by atoms with Gasteiger partial charge in [0.2, 0.25) is 0 Å². The number of hydrogen-bond acceptors (Lipinski definition) is 3. The topological polar surface area (TPSA) is 57.5 Å².